The molecule has 0 atom stereocenters. The molecule has 0 aliphatic heterocycles. The summed E-state index contributed by atoms with van der Waals surface area (Å²) in [7, 11) is 0. The van der Waals surface area contributed by atoms with E-state index in [2.05, 4.69) is 12.1 Å². The van der Waals surface area contributed by atoms with Gasteiger partial charge in [-0.1, -0.05) is 24.3 Å². The third kappa shape index (κ3) is 1.21. The van der Waals surface area contributed by atoms with Crippen molar-refractivity contribution in [2.45, 2.75) is 25.7 Å². The molecule has 2 aliphatic carbocycles. The molecule has 1 saturated carbocycles. The van der Waals surface area contributed by atoms with E-state index in [9.17, 15) is 9.90 Å². The Labute approximate surface area is 88.9 Å². The van der Waals surface area contributed by atoms with Crippen LogP contribution < -0.4 is 0 Å². The van der Waals surface area contributed by atoms with E-state index in [1.807, 2.05) is 12.1 Å². The number of hydrogen-bond donors (Lipinski definition) is 1. The minimum Gasteiger partial charge on any atom is -0.481 e. The van der Waals surface area contributed by atoms with Crippen molar-refractivity contribution in [2.24, 2.45) is 11.3 Å². The largest absolute Gasteiger partial charge is 0.481 e. The Bertz CT molecular complexity index is 393. The summed E-state index contributed by atoms with van der Waals surface area (Å²) < 4.78 is 0. The number of carboxylic acid groups (broad SMARTS) is 1. The van der Waals surface area contributed by atoms with Gasteiger partial charge in [-0.15, -0.1) is 0 Å². The van der Waals surface area contributed by atoms with Gasteiger partial charge in [-0.2, -0.15) is 0 Å². The van der Waals surface area contributed by atoms with E-state index in [4.69, 9.17) is 0 Å². The number of hydrogen-bond acceptors (Lipinski definition) is 1. The first-order valence-corrected chi connectivity index (χ1v) is 5.52. The summed E-state index contributed by atoms with van der Waals surface area (Å²) in [5, 5.41) is 9.24. The van der Waals surface area contributed by atoms with E-state index < -0.39 is 5.97 Å². The Balaban J connectivity index is 1.88. The standard InChI is InChI=1S/C13H14O2/c14-12(15)13(5-6-13)11-7-9-3-1-2-4-10(9)8-11/h1-4,11H,5-8H2,(H,14,15). The monoisotopic (exact) mass is 202 g/mol. The average Bonchev–Trinajstić information content (AvgIpc) is 2.93. The molecule has 1 aromatic rings. The van der Waals surface area contributed by atoms with Gasteiger partial charge in [0.15, 0.2) is 0 Å². The van der Waals surface area contributed by atoms with E-state index in [1.54, 1.807) is 0 Å². The van der Waals surface area contributed by atoms with Crippen LogP contribution in [0.3, 0.4) is 0 Å². The smallest absolute Gasteiger partial charge is 0.309 e. The van der Waals surface area contributed by atoms with Crippen molar-refractivity contribution in [3.05, 3.63) is 35.4 Å². The second kappa shape index (κ2) is 2.84. The van der Waals surface area contributed by atoms with Crippen LogP contribution in [0.4, 0.5) is 0 Å². The third-order valence-electron chi connectivity index (χ3n) is 4.05. The first-order chi connectivity index (χ1) is 7.22. The van der Waals surface area contributed by atoms with Crippen molar-refractivity contribution in [1.82, 2.24) is 0 Å². The highest BCUT2D eigenvalue weighted by atomic mass is 16.4. The van der Waals surface area contributed by atoms with E-state index in [0.717, 1.165) is 25.7 Å². The minimum absolute atomic E-state index is 0.340. The number of aliphatic carboxylic acids is 1. The third-order valence-corrected chi connectivity index (χ3v) is 4.05. The molecule has 0 aromatic heterocycles. The zero-order chi connectivity index (χ0) is 10.5. The molecule has 0 amide bonds. The minimum atomic E-state index is -0.583. The van der Waals surface area contributed by atoms with Crippen LogP contribution in [0.1, 0.15) is 24.0 Å². The first kappa shape index (κ1) is 8.96. The van der Waals surface area contributed by atoms with Gasteiger partial charge in [0.2, 0.25) is 0 Å². The molecule has 3 rings (SSSR count). The van der Waals surface area contributed by atoms with Crippen molar-refractivity contribution < 1.29 is 9.90 Å². The molecule has 0 radical (unpaired) electrons. The number of fused-ring (bicyclic) bond motifs is 1. The molecule has 0 spiro atoms. The van der Waals surface area contributed by atoms with Crippen LogP contribution in [-0.2, 0) is 17.6 Å². The summed E-state index contributed by atoms with van der Waals surface area (Å²) in [5.74, 6) is -0.243. The van der Waals surface area contributed by atoms with Crippen molar-refractivity contribution in [3.8, 4) is 0 Å². The molecule has 2 heteroatoms. The van der Waals surface area contributed by atoms with Gasteiger partial charge in [-0.05, 0) is 42.7 Å². The Hall–Kier alpha value is -1.31. The molecule has 0 saturated heterocycles. The zero-order valence-electron chi connectivity index (χ0n) is 8.57. The van der Waals surface area contributed by atoms with E-state index in [-0.39, 0.29) is 5.41 Å². The molecule has 2 nitrogen and oxygen atoms in total. The summed E-state index contributed by atoms with van der Waals surface area (Å²) in [6.45, 7) is 0. The highest BCUT2D eigenvalue weighted by molar-refractivity contribution is 5.78. The summed E-state index contributed by atoms with van der Waals surface area (Å²) in [6, 6.07) is 8.35. The lowest BCUT2D eigenvalue weighted by Gasteiger charge is -2.17. The van der Waals surface area contributed by atoms with Crippen LogP contribution >= 0.6 is 0 Å². The van der Waals surface area contributed by atoms with Gasteiger partial charge in [0.1, 0.15) is 0 Å². The normalized spacial score (nSPS) is 22.4. The van der Waals surface area contributed by atoms with Crippen LogP contribution in [-0.4, -0.2) is 11.1 Å². The highest BCUT2D eigenvalue weighted by Gasteiger charge is 2.56. The van der Waals surface area contributed by atoms with Crippen LogP contribution in [0.25, 0.3) is 0 Å². The summed E-state index contributed by atoms with van der Waals surface area (Å²) in [5.41, 5.74) is 2.34. The van der Waals surface area contributed by atoms with Gasteiger partial charge in [0.25, 0.3) is 0 Å². The van der Waals surface area contributed by atoms with Gasteiger partial charge < -0.3 is 5.11 Å². The summed E-state index contributed by atoms with van der Waals surface area (Å²) >= 11 is 0. The average molecular weight is 202 g/mol. The van der Waals surface area contributed by atoms with Gasteiger partial charge in [-0.25, -0.2) is 0 Å². The van der Waals surface area contributed by atoms with E-state index in [1.165, 1.54) is 11.1 Å². The molecule has 0 bridgehead atoms. The lowest BCUT2D eigenvalue weighted by Crippen LogP contribution is -2.25. The Morgan fingerprint density at radius 1 is 1.20 bits per heavy atom. The van der Waals surface area contributed by atoms with Crippen molar-refractivity contribution in [1.29, 1.82) is 0 Å². The SMILES string of the molecule is O=C(O)C1(C2Cc3ccccc3C2)CC1. The van der Waals surface area contributed by atoms with Gasteiger partial charge in [-0.3, -0.25) is 4.79 Å². The van der Waals surface area contributed by atoms with E-state index in [0.29, 0.717) is 5.92 Å². The molecule has 0 unspecified atom stereocenters. The number of rotatable bonds is 2. The van der Waals surface area contributed by atoms with Crippen molar-refractivity contribution >= 4 is 5.97 Å². The van der Waals surface area contributed by atoms with Crippen LogP contribution in [0.2, 0.25) is 0 Å². The fourth-order valence-electron chi connectivity index (χ4n) is 2.88. The van der Waals surface area contributed by atoms with Gasteiger partial charge in [0.05, 0.1) is 5.41 Å². The lowest BCUT2D eigenvalue weighted by atomic mass is 9.86. The summed E-state index contributed by atoms with van der Waals surface area (Å²) in [6.07, 6.45) is 3.67. The van der Waals surface area contributed by atoms with Gasteiger partial charge in [0, 0.05) is 0 Å². The topological polar surface area (TPSA) is 37.3 Å². The molecule has 2 aliphatic rings. The molecule has 0 heterocycles. The molecule has 78 valence electrons. The van der Waals surface area contributed by atoms with Crippen molar-refractivity contribution in [3.63, 3.8) is 0 Å². The predicted octanol–water partition coefficient (Wildman–Crippen LogP) is 2.27. The summed E-state index contributed by atoms with van der Waals surface area (Å²) in [4.78, 5) is 11.2. The maximum Gasteiger partial charge on any atom is 0.309 e. The molecule has 1 N–H and O–H groups in total. The quantitative estimate of drug-likeness (QED) is 0.798. The number of carboxylic acids is 1. The maximum absolute atomic E-state index is 11.2. The van der Waals surface area contributed by atoms with Gasteiger partial charge >= 0.3 is 5.97 Å². The molecular formula is C13H14O2. The van der Waals surface area contributed by atoms with Crippen LogP contribution in [0.15, 0.2) is 24.3 Å². The predicted molar refractivity (Wildman–Crippen MR) is 56.6 cm³/mol. The number of carbonyl (C=O) groups is 1. The Kier molecular flexibility index (Phi) is 1.70. The van der Waals surface area contributed by atoms with Crippen LogP contribution in [0.5, 0.6) is 0 Å². The second-order valence-electron chi connectivity index (χ2n) is 4.84. The molecule has 15 heavy (non-hydrogen) atoms. The number of benzene rings is 1. The Morgan fingerprint density at radius 2 is 1.73 bits per heavy atom. The molecular weight excluding hydrogens is 188 g/mol. The maximum atomic E-state index is 11.2. The second-order valence-corrected chi connectivity index (χ2v) is 4.84. The fraction of sp³-hybridized carbons (Fsp3) is 0.462. The fourth-order valence-corrected chi connectivity index (χ4v) is 2.88. The molecule has 1 fully saturated rings. The lowest BCUT2D eigenvalue weighted by molar-refractivity contribution is -0.145. The van der Waals surface area contributed by atoms with Crippen LogP contribution in [0, 0.1) is 11.3 Å². The zero-order valence-corrected chi connectivity index (χ0v) is 8.57. The first-order valence-electron chi connectivity index (χ1n) is 5.52. The van der Waals surface area contributed by atoms with E-state index >= 15 is 0 Å². The molecule has 1 aromatic carbocycles. The Morgan fingerprint density at radius 3 is 2.13 bits per heavy atom. The van der Waals surface area contributed by atoms with Crippen molar-refractivity contribution in [2.75, 3.05) is 0 Å². The highest BCUT2D eigenvalue weighted by Crippen LogP contribution is 2.56.